The van der Waals surface area contributed by atoms with E-state index in [0.29, 0.717) is 0 Å². The Morgan fingerprint density at radius 2 is 2.06 bits per heavy atom. The van der Waals surface area contributed by atoms with Crippen LogP contribution in [0.3, 0.4) is 0 Å². The number of rotatable bonds is 2. The predicted molar refractivity (Wildman–Crippen MR) is 53.8 cm³/mol. The summed E-state index contributed by atoms with van der Waals surface area (Å²) in [4.78, 5) is 11.0. The van der Waals surface area contributed by atoms with Gasteiger partial charge in [-0.05, 0) is 24.4 Å². The Labute approximate surface area is 90.0 Å². The molecule has 3 nitrogen and oxygen atoms in total. The first-order valence-electron chi connectivity index (χ1n) is 4.29. The largest absolute Gasteiger partial charge is 0.416 e. The number of hydrogen-bond donors (Lipinski definition) is 2. The average Bonchev–Trinajstić information content (AvgIpc) is 2.17. The van der Waals surface area contributed by atoms with Gasteiger partial charge in [0.1, 0.15) is 0 Å². The minimum Gasteiger partial charge on any atom is -0.315 e. The number of urea groups is 1. The quantitative estimate of drug-likeness (QED) is 0.805. The number of alkyl halides is 3. The van der Waals surface area contributed by atoms with Gasteiger partial charge >= 0.3 is 12.2 Å². The molecule has 0 aromatic heterocycles. The zero-order valence-corrected chi connectivity index (χ0v) is 8.14. The van der Waals surface area contributed by atoms with Gasteiger partial charge in [-0.1, -0.05) is 12.6 Å². The third kappa shape index (κ3) is 3.30. The molecular weight excluding hydrogens is 221 g/mol. The molecule has 0 fully saturated rings. The van der Waals surface area contributed by atoms with Gasteiger partial charge in [-0.25, -0.2) is 4.79 Å². The highest BCUT2D eigenvalue weighted by molar-refractivity contribution is 5.89. The Morgan fingerprint density at radius 3 is 2.62 bits per heavy atom. The molecule has 1 aromatic carbocycles. The number of nitrogens with one attached hydrogen (secondary N) is 2. The monoisotopic (exact) mass is 230 g/mol. The van der Waals surface area contributed by atoms with Crippen LogP contribution in [0.5, 0.6) is 0 Å². The predicted octanol–water partition coefficient (Wildman–Crippen LogP) is 2.97. The summed E-state index contributed by atoms with van der Waals surface area (Å²) in [5, 5.41) is 4.42. The summed E-state index contributed by atoms with van der Waals surface area (Å²) in [5.41, 5.74) is -0.752. The maximum atomic E-state index is 12.3. The Hall–Kier alpha value is -1.98. The minimum absolute atomic E-state index is 0.0641. The van der Waals surface area contributed by atoms with E-state index >= 15 is 0 Å². The van der Waals surface area contributed by atoms with Crippen molar-refractivity contribution in [1.82, 2.24) is 5.32 Å². The summed E-state index contributed by atoms with van der Waals surface area (Å²) < 4.78 is 36.9. The van der Waals surface area contributed by atoms with E-state index in [1.54, 1.807) is 0 Å². The maximum absolute atomic E-state index is 12.3. The standard InChI is InChI=1S/C10H9F3N2O/c1-2-14-9(16)15-8-5-3-4-7(6-8)10(11,12)13/h2-6H,1H2,(H2,14,15,16). The van der Waals surface area contributed by atoms with Crippen LogP contribution in [0.15, 0.2) is 37.0 Å². The van der Waals surface area contributed by atoms with Gasteiger partial charge in [0.2, 0.25) is 0 Å². The van der Waals surface area contributed by atoms with E-state index < -0.39 is 17.8 Å². The lowest BCUT2D eigenvalue weighted by atomic mass is 10.2. The lowest BCUT2D eigenvalue weighted by Gasteiger charge is -2.09. The smallest absolute Gasteiger partial charge is 0.315 e. The number of halogens is 3. The second-order valence-electron chi connectivity index (χ2n) is 2.88. The molecule has 1 rings (SSSR count). The molecule has 0 aliphatic carbocycles. The minimum atomic E-state index is -4.42. The molecule has 1 aromatic rings. The Kier molecular flexibility index (Phi) is 3.55. The van der Waals surface area contributed by atoms with Gasteiger partial charge in [0, 0.05) is 5.69 Å². The van der Waals surface area contributed by atoms with Gasteiger partial charge in [-0.15, -0.1) is 0 Å². The highest BCUT2D eigenvalue weighted by Crippen LogP contribution is 2.30. The Balaban J connectivity index is 2.83. The van der Waals surface area contributed by atoms with Crippen LogP contribution in [-0.2, 0) is 6.18 Å². The third-order valence-electron chi connectivity index (χ3n) is 1.68. The first-order valence-corrected chi connectivity index (χ1v) is 4.29. The topological polar surface area (TPSA) is 41.1 Å². The summed E-state index contributed by atoms with van der Waals surface area (Å²) in [5.74, 6) is 0. The van der Waals surface area contributed by atoms with E-state index in [1.807, 2.05) is 0 Å². The fourth-order valence-corrected chi connectivity index (χ4v) is 1.03. The molecule has 0 atom stereocenters. The second kappa shape index (κ2) is 4.69. The van der Waals surface area contributed by atoms with E-state index in [4.69, 9.17) is 0 Å². The van der Waals surface area contributed by atoms with Crippen molar-refractivity contribution in [2.24, 2.45) is 0 Å². The zero-order chi connectivity index (χ0) is 12.2. The van der Waals surface area contributed by atoms with E-state index in [-0.39, 0.29) is 5.69 Å². The third-order valence-corrected chi connectivity index (χ3v) is 1.68. The number of benzene rings is 1. The van der Waals surface area contributed by atoms with Gasteiger partial charge in [-0.2, -0.15) is 13.2 Å². The molecule has 86 valence electrons. The zero-order valence-electron chi connectivity index (χ0n) is 8.14. The lowest BCUT2D eigenvalue weighted by molar-refractivity contribution is -0.137. The first kappa shape index (κ1) is 12.1. The maximum Gasteiger partial charge on any atom is 0.416 e. The van der Waals surface area contributed by atoms with Crippen molar-refractivity contribution in [1.29, 1.82) is 0 Å². The summed E-state index contributed by atoms with van der Waals surface area (Å²) in [7, 11) is 0. The number of carbonyl (C=O) groups is 1. The lowest BCUT2D eigenvalue weighted by Crippen LogP contribution is -2.23. The normalized spacial score (nSPS) is 10.7. The van der Waals surface area contributed by atoms with Crippen molar-refractivity contribution < 1.29 is 18.0 Å². The molecular formula is C10H9F3N2O. The van der Waals surface area contributed by atoms with Crippen molar-refractivity contribution >= 4 is 11.7 Å². The molecule has 0 aliphatic heterocycles. The molecule has 0 bridgehead atoms. The van der Waals surface area contributed by atoms with Crippen molar-refractivity contribution in [3.8, 4) is 0 Å². The van der Waals surface area contributed by atoms with Crippen molar-refractivity contribution in [2.75, 3.05) is 5.32 Å². The molecule has 0 spiro atoms. The molecule has 0 unspecified atom stereocenters. The van der Waals surface area contributed by atoms with Crippen LogP contribution in [-0.4, -0.2) is 6.03 Å². The molecule has 0 heterocycles. The highest BCUT2D eigenvalue weighted by atomic mass is 19.4. The summed E-state index contributed by atoms with van der Waals surface area (Å²) in [6, 6.07) is 3.71. The Bertz CT molecular complexity index is 401. The highest BCUT2D eigenvalue weighted by Gasteiger charge is 2.30. The van der Waals surface area contributed by atoms with Crippen LogP contribution in [0.2, 0.25) is 0 Å². The van der Waals surface area contributed by atoms with Crippen LogP contribution in [0.4, 0.5) is 23.7 Å². The molecule has 2 N–H and O–H groups in total. The first-order chi connectivity index (χ1) is 7.43. The fraction of sp³-hybridized carbons (Fsp3) is 0.100. The second-order valence-corrected chi connectivity index (χ2v) is 2.88. The molecule has 2 amide bonds. The Morgan fingerprint density at radius 1 is 1.38 bits per heavy atom. The number of carbonyl (C=O) groups excluding carboxylic acids is 1. The van der Waals surface area contributed by atoms with Gasteiger partial charge in [-0.3, -0.25) is 0 Å². The summed E-state index contributed by atoms with van der Waals surface area (Å²) in [6.45, 7) is 3.25. The molecule has 0 saturated carbocycles. The summed E-state index contributed by atoms with van der Waals surface area (Å²) in [6.07, 6.45) is -3.30. The molecule has 0 aliphatic rings. The van der Waals surface area contributed by atoms with E-state index in [9.17, 15) is 18.0 Å². The van der Waals surface area contributed by atoms with Crippen LogP contribution in [0.25, 0.3) is 0 Å². The average molecular weight is 230 g/mol. The molecule has 6 heteroatoms. The van der Waals surface area contributed by atoms with Crippen LogP contribution < -0.4 is 10.6 Å². The van der Waals surface area contributed by atoms with Gasteiger partial charge in [0.25, 0.3) is 0 Å². The van der Waals surface area contributed by atoms with E-state index in [2.05, 4.69) is 17.2 Å². The van der Waals surface area contributed by atoms with Crippen LogP contribution >= 0.6 is 0 Å². The van der Waals surface area contributed by atoms with Crippen molar-refractivity contribution in [3.05, 3.63) is 42.6 Å². The van der Waals surface area contributed by atoms with E-state index in [0.717, 1.165) is 18.3 Å². The molecule has 0 radical (unpaired) electrons. The van der Waals surface area contributed by atoms with Crippen LogP contribution in [0.1, 0.15) is 5.56 Å². The van der Waals surface area contributed by atoms with Gasteiger partial charge in [0.15, 0.2) is 0 Å². The van der Waals surface area contributed by atoms with Crippen LogP contribution in [0, 0.1) is 0 Å². The van der Waals surface area contributed by atoms with Gasteiger partial charge in [0.05, 0.1) is 5.56 Å². The van der Waals surface area contributed by atoms with Crippen molar-refractivity contribution in [3.63, 3.8) is 0 Å². The molecule has 0 saturated heterocycles. The SMILES string of the molecule is C=CNC(=O)Nc1cccc(C(F)(F)F)c1. The number of anilines is 1. The number of amides is 2. The van der Waals surface area contributed by atoms with Crippen molar-refractivity contribution in [2.45, 2.75) is 6.18 Å². The van der Waals surface area contributed by atoms with Gasteiger partial charge < -0.3 is 10.6 Å². The van der Waals surface area contributed by atoms with E-state index in [1.165, 1.54) is 12.1 Å². The number of hydrogen-bond acceptors (Lipinski definition) is 1. The summed E-state index contributed by atoms with van der Waals surface area (Å²) >= 11 is 0. The molecule has 16 heavy (non-hydrogen) atoms. The fourth-order valence-electron chi connectivity index (χ4n) is 1.03.